The second kappa shape index (κ2) is 6.46. The molecule has 6 nitrogen and oxygen atoms in total. The molecule has 1 fully saturated rings. The largest absolute Gasteiger partial charge is 0.483 e. The van der Waals surface area contributed by atoms with Crippen molar-refractivity contribution in [1.29, 1.82) is 0 Å². The number of nitrogens with zero attached hydrogens (tertiary/aromatic N) is 3. The van der Waals surface area contributed by atoms with Crippen LogP contribution in [-0.2, 0) is 6.61 Å². The van der Waals surface area contributed by atoms with E-state index >= 15 is 0 Å². The SMILES string of the molecule is Cc1cccc(C)c1OCc1nc(C2CNCCN2C)no1. The maximum Gasteiger partial charge on any atom is 0.264 e. The number of nitrogens with one attached hydrogen (secondary N) is 1. The normalized spacial score (nSPS) is 19.3. The van der Waals surface area contributed by atoms with Crippen molar-refractivity contribution in [3.05, 3.63) is 41.0 Å². The molecule has 0 saturated carbocycles. The van der Waals surface area contributed by atoms with E-state index in [0.717, 1.165) is 42.3 Å². The van der Waals surface area contributed by atoms with Crippen molar-refractivity contribution in [2.75, 3.05) is 26.7 Å². The Morgan fingerprint density at radius 2 is 2.14 bits per heavy atom. The molecular formula is C16H22N4O2. The predicted molar refractivity (Wildman–Crippen MR) is 82.8 cm³/mol. The van der Waals surface area contributed by atoms with Crippen molar-refractivity contribution < 1.29 is 9.26 Å². The van der Waals surface area contributed by atoms with Crippen LogP contribution in [-0.4, -0.2) is 41.7 Å². The summed E-state index contributed by atoms with van der Waals surface area (Å²) in [4.78, 5) is 6.71. The Balaban J connectivity index is 1.67. The first-order chi connectivity index (χ1) is 10.6. The van der Waals surface area contributed by atoms with Gasteiger partial charge in [-0.15, -0.1) is 0 Å². The average molecular weight is 302 g/mol. The number of ether oxygens (including phenoxy) is 1. The molecule has 1 unspecified atom stereocenters. The smallest absolute Gasteiger partial charge is 0.264 e. The predicted octanol–water partition coefficient (Wildman–Crippen LogP) is 1.84. The van der Waals surface area contributed by atoms with E-state index in [2.05, 4.69) is 27.4 Å². The number of likely N-dealkylation sites (N-methyl/N-ethyl adjacent to an activating group) is 1. The summed E-state index contributed by atoms with van der Waals surface area (Å²) in [6, 6.07) is 6.24. The lowest BCUT2D eigenvalue weighted by atomic mass is 10.1. The summed E-state index contributed by atoms with van der Waals surface area (Å²) in [5, 5.41) is 7.45. The summed E-state index contributed by atoms with van der Waals surface area (Å²) in [6.07, 6.45) is 0. The third-order valence-electron chi connectivity index (χ3n) is 4.04. The minimum atomic E-state index is 0.159. The van der Waals surface area contributed by atoms with E-state index in [4.69, 9.17) is 9.26 Å². The van der Waals surface area contributed by atoms with Gasteiger partial charge in [-0.1, -0.05) is 23.4 Å². The lowest BCUT2D eigenvalue weighted by Gasteiger charge is -2.30. The van der Waals surface area contributed by atoms with Crippen molar-refractivity contribution >= 4 is 0 Å². The van der Waals surface area contributed by atoms with Crippen molar-refractivity contribution in [3.63, 3.8) is 0 Å². The Bertz CT molecular complexity index is 621. The van der Waals surface area contributed by atoms with Crippen LogP contribution in [0.2, 0.25) is 0 Å². The van der Waals surface area contributed by atoms with Crippen molar-refractivity contribution in [2.24, 2.45) is 0 Å². The second-order valence-electron chi connectivity index (χ2n) is 5.76. The number of benzene rings is 1. The molecular weight excluding hydrogens is 280 g/mol. The first-order valence-electron chi connectivity index (χ1n) is 7.57. The van der Waals surface area contributed by atoms with Crippen LogP contribution in [0.3, 0.4) is 0 Å². The van der Waals surface area contributed by atoms with E-state index in [0.29, 0.717) is 12.5 Å². The van der Waals surface area contributed by atoms with E-state index < -0.39 is 0 Å². The highest BCUT2D eigenvalue weighted by Crippen LogP contribution is 2.24. The van der Waals surface area contributed by atoms with Crippen LogP contribution in [0.1, 0.15) is 28.9 Å². The minimum absolute atomic E-state index is 0.159. The molecule has 1 atom stereocenters. The van der Waals surface area contributed by atoms with Gasteiger partial charge in [0.15, 0.2) is 12.4 Å². The third kappa shape index (κ3) is 3.13. The first kappa shape index (κ1) is 15.0. The van der Waals surface area contributed by atoms with Gasteiger partial charge in [0.1, 0.15) is 5.75 Å². The molecule has 2 aromatic rings. The molecule has 1 aromatic carbocycles. The molecule has 3 rings (SSSR count). The van der Waals surface area contributed by atoms with E-state index in [1.54, 1.807) is 0 Å². The fourth-order valence-electron chi connectivity index (χ4n) is 2.72. The number of aryl methyl sites for hydroxylation is 2. The number of hydrogen-bond donors (Lipinski definition) is 1. The molecule has 22 heavy (non-hydrogen) atoms. The monoisotopic (exact) mass is 302 g/mol. The maximum atomic E-state index is 5.86. The number of aromatic nitrogens is 2. The zero-order valence-corrected chi connectivity index (χ0v) is 13.3. The number of hydrogen-bond acceptors (Lipinski definition) is 6. The Morgan fingerprint density at radius 3 is 2.86 bits per heavy atom. The van der Waals surface area contributed by atoms with E-state index in [-0.39, 0.29) is 6.04 Å². The molecule has 1 aromatic heterocycles. The van der Waals surface area contributed by atoms with Crippen LogP contribution in [0.25, 0.3) is 0 Å². The maximum absolute atomic E-state index is 5.86. The van der Waals surface area contributed by atoms with Crippen LogP contribution in [0.5, 0.6) is 5.75 Å². The molecule has 1 aliphatic rings. The molecule has 1 N–H and O–H groups in total. The summed E-state index contributed by atoms with van der Waals surface area (Å²) >= 11 is 0. The number of rotatable bonds is 4. The fourth-order valence-corrected chi connectivity index (χ4v) is 2.72. The molecule has 0 spiro atoms. The molecule has 0 amide bonds. The van der Waals surface area contributed by atoms with Crippen molar-refractivity contribution in [1.82, 2.24) is 20.4 Å². The van der Waals surface area contributed by atoms with Gasteiger partial charge < -0.3 is 14.6 Å². The molecule has 1 saturated heterocycles. The highest BCUT2D eigenvalue weighted by Gasteiger charge is 2.25. The minimum Gasteiger partial charge on any atom is -0.483 e. The Labute approximate surface area is 130 Å². The van der Waals surface area contributed by atoms with E-state index in [1.807, 2.05) is 32.0 Å². The van der Waals surface area contributed by atoms with Gasteiger partial charge in [0.2, 0.25) is 0 Å². The summed E-state index contributed by atoms with van der Waals surface area (Å²) in [6.45, 7) is 7.17. The van der Waals surface area contributed by atoms with Gasteiger partial charge >= 0.3 is 0 Å². The van der Waals surface area contributed by atoms with Crippen LogP contribution in [0, 0.1) is 13.8 Å². The molecule has 0 bridgehead atoms. The highest BCUT2D eigenvalue weighted by atomic mass is 16.5. The van der Waals surface area contributed by atoms with Gasteiger partial charge in [-0.25, -0.2) is 0 Å². The zero-order valence-electron chi connectivity index (χ0n) is 13.3. The Morgan fingerprint density at radius 1 is 1.36 bits per heavy atom. The van der Waals surface area contributed by atoms with Crippen LogP contribution < -0.4 is 10.1 Å². The average Bonchev–Trinajstić information content (AvgIpc) is 2.96. The summed E-state index contributed by atoms with van der Waals surface area (Å²) in [7, 11) is 2.08. The topological polar surface area (TPSA) is 63.4 Å². The summed E-state index contributed by atoms with van der Waals surface area (Å²) in [5.41, 5.74) is 2.21. The fraction of sp³-hybridized carbons (Fsp3) is 0.500. The quantitative estimate of drug-likeness (QED) is 0.930. The van der Waals surface area contributed by atoms with Crippen LogP contribution >= 0.6 is 0 Å². The molecule has 118 valence electrons. The Kier molecular flexibility index (Phi) is 4.40. The molecule has 0 radical (unpaired) electrons. The second-order valence-corrected chi connectivity index (χ2v) is 5.76. The van der Waals surface area contributed by atoms with Gasteiger partial charge in [0, 0.05) is 19.6 Å². The molecule has 1 aliphatic heterocycles. The van der Waals surface area contributed by atoms with Gasteiger partial charge in [-0.3, -0.25) is 4.90 Å². The molecule has 0 aliphatic carbocycles. The van der Waals surface area contributed by atoms with Crippen molar-refractivity contribution in [3.8, 4) is 5.75 Å². The van der Waals surface area contributed by atoms with Crippen molar-refractivity contribution in [2.45, 2.75) is 26.5 Å². The van der Waals surface area contributed by atoms with E-state index in [9.17, 15) is 0 Å². The van der Waals surface area contributed by atoms with Crippen LogP contribution in [0.4, 0.5) is 0 Å². The number of para-hydroxylation sites is 1. The molecule has 2 heterocycles. The lowest BCUT2D eigenvalue weighted by Crippen LogP contribution is -2.44. The molecule has 6 heteroatoms. The highest BCUT2D eigenvalue weighted by molar-refractivity contribution is 5.39. The lowest BCUT2D eigenvalue weighted by molar-refractivity contribution is 0.189. The third-order valence-corrected chi connectivity index (χ3v) is 4.04. The van der Waals surface area contributed by atoms with E-state index in [1.165, 1.54) is 0 Å². The zero-order chi connectivity index (χ0) is 15.5. The van der Waals surface area contributed by atoms with Crippen LogP contribution in [0.15, 0.2) is 22.7 Å². The van der Waals surface area contributed by atoms with Gasteiger partial charge in [0.25, 0.3) is 5.89 Å². The summed E-state index contributed by atoms with van der Waals surface area (Å²) < 4.78 is 11.2. The summed E-state index contributed by atoms with van der Waals surface area (Å²) in [5.74, 6) is 2.12. The van der Waals surface area contributed by atoms with Gasteiger partial charge in [0.05, 0.1) is 6.04 Å². The first-order valence-corrected chi connectivity index (χ1v) is 7.57. The van der Waals surface area contributed by atoms with Gasteiger partial charge in [-0.2, -0.15) is 4.98 Å². The standard InChI is InChI=1S/C16H22N4O2/c1-11-5-4-6-12(2)15(11)21-10-14-18-16(19-22-14)13-9-17-7-8-20(13)3/h4-6,13,17H,7-10H2,1-3H3. The van der Waals surface area contributed by atoms with Gasteiger partial charge in [-0.05, 0) is 32.0 Å². The number of piperazine rings is 1. The Hall–Kier alpha value is -1.92.